The number of carbonyl (C=O) groups excluding carboxylic acids is 1. The van der Waals surface area contributed by atoms with E-state index < -0.39 is 15.0 Å². The van der Waals surface area contributed by atoms with Gasteiger partial charge in [0, 0.05) is 5.56 Å². The van der Waals surface area contributed by atoms with Gasteiger partial charge in [-0.3, -0.25) is 9.32 Å². The molecule has 0 aliphatic heterocycles. The van der Waals surface area contributed by atoms with Crippen LogP contribution in [0.3, 0.4) is 0 Å². The van der Waals surface area contributed by atoms with Crippen LogP contribution in [0, 0.1) is 0 Å². The van der Waals surface area contributed by atoms with Gasteiger partial charge in [0.05, 0.1) is 22.2 Å². The molecule has 2 aromatic rings. The van der Waals surface area contributed by atoms with E-state index in [0.717, 1.165) is 0 Å². The molecule has 2 aromatic carbocycles. The molecule has 1 atom stereocenters. The van der Waals surface area contributed by atoms with Crippen molar-refractivity contribution in [2.24, 2.45) is 0 Å². The Labute approximate surface area is 145 Å². The Hall–Kier alpha value is -1.29. The fourth-order valence-corrected chi connectivity index (χ4v) is 2.77. The number of benzene rings is 2. The van der Waals surface area contributed by atoms with Crippen molar-refractivity contribution in [1.82, 2.24) is 0 Å². The Morgan fingerprint density at radius 1 is 1.13 bits per heavy atom. The van der Waals surface area contributed by atoms with Gasteiger partial charge >= 0.3 is 8.69 Å². The summed E-state index contributed by atoms with van der Waals surface area (Å²) < 4.78 is 20.5. The maximum Gasteiger partial charge on any atom is 0.329 e. The minimum atomic E-state index is -0.666. The van der Waals surface area contributed by atoms with Crippen molar-refractivity contribution in [1.29, 1.82) is 0 Å². The highest BCUT2D eigenvalue weighted by Gasteiger charge is 2.19. The summed E-state index contributed by atoms with van der Waals surface area (Å²) in [5, 5.41) is 0.583. The Morgan fingerprint density at radius 2 is 1.78 bits per heavy atom. The van der Waals surface area contributed by atoms with Gasteiger partial charge < -0.3 is 4.74 Å². The van der Waals surface area contributed by atoms with E-state index in [1.807, 2.05) is 0 Å². The first-order valence-corrected chi connectivity index (χ1v) is 8.20. The lowest BCUT2D eigenvalue weighted by molar-refractivity contribution is -0.0693. The zero-order valence-corrected chi connectivity index (χ0v) is 14.6. The molecule has 0 fully saturated rings. The van der Waals surface area contributed by atoms with Gasteiger partial charge in [-0.05, 0) is 24.6 Å². The van der Waals surface area contributed by atoms with Crippen LogP contribution in [-0.4, -0.2) is 12.1 Å². The molecule has 0 saturated heterocycles. The van der Waals surface area contributed by atoms with E-state index in [9.17, 15) is 9.36 Å². The highest BCUT2D eigenvalue weighted by Crippen LogP contribution is 2.28. The summed E-state index contributed by atoms with van der Waals surface area (Å²) in [6, 6.07) is 11.9. The van der Waals surface area contributed by atoms with Crippen LogP contribution in [0.25, 0.3) is 0 Å². The van der Waals surface area contributed by atoms with Crippen LogP contribution >= 0.6 is 31.9 Å². The molecule has 0 aromatic heterocycles. The van der Waals surface area contributed by atoms with E-state index in [0.29, 0.717) is 21.2 Å². The lowest BCUT2D eigenvalue weighted by Crippen LogP contribution is -2.12. The van der Waals surface area contributed by atoms with Gasteiger partial charge in [-0.15, -0.1) is 0 Å². The zero-order valence-electron chi connectivity index (χ0n) is 12.2. The van der Waals surface area contributed by atoms with Crippen LogP contribution in [0.5, 0.6) is 0 Å². The number of carbonyl (C=O) groups is 1. The maximum absolute atomic E-state index is 12.8. The summed E-state index contributed by atoms with van der Waals surface area (Å²) in [4.78, 5) is 12.8. The van der Waals surface area contributed by atoms with Crippen molar-refractivity contribution in [2.45, 2.75) is 19.8 Å². The molecule has 0 amide bonds. The summed E-state index contributed by atoms with van der Waals surface area (Å²) in [6.07, 6.45) is -0.666. The lowest BCUT2D eigenvalue weighted by Gasteiger charge is -2.13. The molecular weight excluding hydrogens is 358 g/mol. The number of hydrogen-bond donors (Lipinski definition) is 0. The van der Waals surface area contributed by atoms with E-state index in [2.05, 4.69) is 0 Å². The molecule has 0 heterocycles. The predicted molar refractivity (Wildman–Crippen MR) is 89.3 cm³/mol. The summed E-state index contributed by atoms with van der Waals surface area (Å²) in [5.74, 6) is -0.282. The quantitative estimate of drug-likeness (QED) is 0.376. The number of rotatable bonds is 7. The van der Waals surface area contributed by atoms with Crippen molar-refractivity contribution in [3.05, 3.63) is 69.2 Å². The molecule has 0 spiro atoms. The Bertz CT molecular complexity index is 701. The van der Waals surface area contributed by atoms with Gasteiger partial charge in [-0.2, -0.15) is 0 Å². The van der Waals surface area contributed by atoms with Gasteiger partial charge in [-0.25, -0.2) is 4.57 Å². The summed E-state index contributed by atoms with van der Waals surface area (Å²) in [6.45, 7) is 1.74. The number of halogens is 2. The average molecular weight is 371 g/mol. The van der Waals surface area contributed by atoms with Gasteiger partial charge in [0.2, 0.25) is 0 Å². The van der Waals surface area contributed by atoms with Gasteiger partial charge in [0.25, 0.3) is 0 Å². The second-order valence-electron chi connectivity index (χ2n) is 4.64. The average Bonchev–Trinajstić information content (AvgIpc) is 2.53. The largest absolute Gasteiger partial charge is 0.347 e. The van der Waals surface area contributed by atoms with Crippen molar-refractivity contribution < 1.29 is 18.6 Å². The molecule has 0 aliphatic carbocycles. The second-order valence-corrected chi connectivity index (χ2v) is 5.82. The Balaban J connectivity index is 2.29. The molecule has 0 bridgehead atoms. The van der Waals surface area contributed by atoms with E-state index >= 15 is 0 Å². The van der Waals surface area contributed by atoms with Gasteiger partial charge in [0.1, 0.15) is 0 Å². The Kier molecular flexibility index (Phi) is 6.70. The van der Waals surface area contributed by atoms with Crippen LogP contribution in [0.2, 0.25) is 10.0 Å². The predicted octanol–water partition coefficient (Wildman–Crippen LogP) is 5.31. The fraction of sp³-hybridized carbons (Fsp3) is 0.188. The highest BCUT2D eigenvalue weighted by molar-refractivity contribution is 7.17. The number of ketones is 1. The first-order valence-electron chi connectivity index (χ1n) is 6.71. The van der Waals surface area contributed by atoms with E-state index in [1.54, 1.807) is 49.4 Å². The molecule has 0 N–H and O–H groups in total. The van der Waals surface area contributed by atoms with Crippen LogP contribution in [0.4, 0.5) is 0 Å². The molecule has 0 radical (unpaired) electrons. The molecular formula is C16H13Cl2O4P. The molecule has 0 aliphatic rings. The van der Waals surface area contributed by atoms with Crippen LogP contribution in [0.15, 0.2) is 42.5 Å². The van der Waals surface area contributed by atoms with Crippen molar-refractivity contribution in [2.75, 3.05) is 0 Å². The molecule has 2 rings (SSSR count). The second kappa shape index (κ2) is 8.53. The highest BCUT2D eigenvalue weighted by atomic mass is 35.5. The monoisotopic (exact) mass is 370 g/mol. The van der Waals surface area contributed by atoms with Crippen molar-refractivity contribution >= 4 is 37.7 Å². The smallest absolute Gasteiger partial charge is 0.329 e. The first kappa shape index (κ1) is 18.1. The van der Waals surface area contributed by atoms with Gasteiger partial charge in [-0.1, -0.05) is 53.5 Å². The normalized spacial score (nSPS) is 12.3. The third kappa shape index (κ3) is 4.60. The lowest BCUT2D eigenvalue weighted by atomic mass is 9.98. The third-order valence-corrected chi connectivity index (χ3v) is 4.13. The first-order chi connectivity index (χ1) is 11.0. The standard InChI is InChI=1S/C16H13Cl2O4P/c1-10(22-23-20)21-9-11-5-2-3-6-12(11)16(19)15-13(17)7-4-8-14(15)18/h2-8,10H,9H2,1H3. The molecule has 120 valence electrons. The summed E-state index contributed by atoms with van der Waals surface area (Å²) >= 11 is 12.2. The minimum Gasteiger partial charge on any atom is -0.347 e. The van der Waals surface area contributed by atoms with Crippen LogP contribution in [0.1, 0.15) is 28.4 Å². The molecule has 23 heavy (non-hydrogen) atoms. The van der Waals surface area contributed by atoms with E-state index in [-0.39, 0.29) is 18.0 Å². The molecule has 1 unspecified atom stereocenters. The van der Waals surface area contributed by atoms with E-state index in [4.69, 9.17) is 32.5 Å². The van der Waals surface area contributed by atoms with Crippen molar-refractivity contribution in [3.8, 4) is 0 Å². The Morgan fingerprint density at radius 3 is 2.43 bits per heavy atom. The number of hydrogen-bond acceptors (Lipinski definition) is 4. The number of ether oxygens (including phenoxy) is 1. The zero-order chi connectivity index (χ0) is 16.8. The topological polar surface area (TPSA) is 52.6 Å². The van der Waals surface area contributed by atoms with Crippen molar-refractivity contribution in [3.63, 3.8) is 0 Å². The molecule has 4 nitrogen and oxygen atoms in total. The fourth-order valence-electron chi connectivity index (χ4n) is 2.02. The maximum atomic E-state index is 12.8. The summed E-state index contributed by atoms with van der Waals surface area (Å²) in [5.41, 5.74) is 1.35. The van der Waals surface area contributed by atoms with Gasteiger partial charge in [0.15, 0.2) is 12.1 Å². The molecule has 0 saturated carbocycles. The van der Waals surface area contributed by atoms with E-state index in [1.165, 1.54) is 0 Å². The minimum absolute atomic E-state index is 0.126. The SMILES string of the molecule is CC(OCc1ccccc1C(=O)c1c(Cl)cccc1Cl)OP=O. The summed E-state index contributed by atoms with van der Waals surface area (Å²) in [7, 11) is -0.463. The van der Waals surface area contributed by atoms with Crippen LogP contribution < -0.4 is 0 Å². The van der Waals surface area contributed by atoms with Crippen LogP contribution in [-0.2, 0) is 20.4 Å². The molecule has 7 heteroatoms. The third-order valence-electron chi connectivity index (χ3n) is 3.12.